The van der Waals surface area contributed by atoms with Gasteiger partial charge in [-0.3, -0.25) is 0 Å². The van der Waals surface area contributed by atoms with E-state index in [9.17, 15) is 0 Å². The van der Waals surface area contributed by atoms with Crippen molar-refractivity contribution in [2.24, 2.45) is 0 Å². The summed E-state index contributed by atoms with van der Waals surface area (Å²) in [5.74, 6) is 2.92. The van der Waals surface area contributed by atoms with Gasteiger partial charge in [-0.2, -0.15) is 0 Å². The van der Waals surface area contributed by atoms with E-state index in [2.05, 4.69) is 17.0 Å². The minimum absolute atomic E-state index is 0.252. The van der Waals surface area contributed by atoms with Crippen LogP contribution in [0.5, 0.6) is 23.0 Å². The lowest BCUT2D eigenvalue weighted by molar-refractivity contribution is 0.103. The van der Waals surface area contributed by atoms with Gasteiger partial charge in [0.15, 0.2) is 29.2 Å². The standard InChI is InChI=1S/C22H21NO5/c1-23-21-13(6-5-12-7-19-20(8-14(12)21)28-11-27-19)15-9-17(24-2)18(25-3)10-16(15)22(23)26-4/h5-10,22H,11H2,1-4H3. The van der Waals surface area contributed by atoms with Crippen LogP contribution in [0.25, 0.3) is 21.9 Å². The minimum atomic E-state index is -0.252. The first-order chi connectivity index (χ1) is 13.7. The summed E-state index contributed by atoms with van der Waals surface area (Å²) >= 11 is 0. The lowest BCUT2D eigenvalue weighted by atomic mass is 9.89. The molecule has 0 bridgehead atoms. The summed E-state index contributed by atoms with van der Waals surface area (Å²) in [5.41, 5.74) is 4.30. The van der Waals surface area contributed by atoms with Crippen molar-refractivity contribution in [1.82, 2.24) is 0 Å². The molecule has 2 aliphatic rings. The molecule has 0 saturated heterocycles. The van der Waals surface area contributed by atoms with Crippen LogP contribution in [-0.4, -0.2) is 35.2 Å². The number of rotatable bonds is 3. The van der Waals surface area contributed by atoms with Crippen LogP contribution in [0.3, 0.4) is 0 Å². The SMILES string of the molecule is COc1cc2c(cc1OC)C(OC)N(C)c1c-2ccc2cc3c(cc12)OCO3. The molecule has 1 unspecified atom stereocenters. The molecule has 0 N–H and O–H groups in total. The molecule has 0 spiro atoms. The number of methoxy groups -OCH3 is 3. The van der Waals surface area contributed by atoms with Gasteiger partial charge in [-0.1, -0.05) is 12.1 Å². The van der Waals surface area contributed by atoms with E-state index in [1.807, 2.05) is 31.3 Å². The van der Waals surface area contributed by atoms with Crippen LogP contribution in [0.4, 0.5) is 5.69 Å². The fraction of sp³-hybridized carbons (Fsp3) is 0.273. The van der Waals surface area contributed by atoms with E-state index in [0.717, 1.165) is 44.6 Å². The van der Waals surface area contributed by atoms with E-state index < -0.39 is 0 Å². The van der Waals surface area contributed by atoms with Gasteiger partial charge in [0.05, 0.1) is 19.9 Å². The summed E-state index contributed by atoms with van der Waals surface area (Å²) in [6, 6.07) is 12.3. The van der Waals surface area contributed by atoms with Crippen LogP contribution in [0, 0.1) is 0 Å². The average molecular weight is 379 g/mol. The molecule has 6 heteroatoms. The number of ether oxygens (including phenoxy) is 5. The van der Waals surface area contributed by atoms with Gasteiger partial charge in [-0.25, -0.2) is 0 Å². The first-order valence-corrected chi connectivity index (χ1v) is 9.04. The fourth-order valence-corrected chi connectivity index (χ4v) is 4.24. The predicted octanol–water partition coefficient (Wildman–Crippen LogP) is 4.35. The molecule has 2 aliphatic heterocycles. The average Bonchev–Trinajstić information content (AvgIpc) is 3.18. The van der Waals surface area contributed by atoms with Crippen molar-refractivity contribution < 1.29 is 23.7 Å². The van der Waals surface area contributed by atoms with E-state index in [1.165, 1.54) is 0 Å². The molecule has 6 nitrogen and oxygen atoms in total. The number of anilines is 1. The van der Waals surface area contributed by atoms with Crippen molar-refractivity contribution in [3.63, 3.8) is 0 Å². The van der Waals surface area contributed by atoms with Crippen molar-refractivity contribution in [2.75, 3.05) is 40.1 Å². The summed E-state index contributed by atoms with van der Waals surface area (Å²) in [5, 5.41) is 2.18. The molecule has 0 saturated carbocycles. The Morgan fingerprint density at radius 1 is 0.893 bits per heavy atom. The number of nitrogens with zero attached hydrogens (tertiary/aromatic N) is 1. The maximum absolute atomic E-state index is 5.87. The normalized spacial score (nSPS) is 16.7. The van der Waals surface area contributed by atoms with Crippen LogP contribution in [0.2, 0.25) is 0 Å². The lowest BCUT2D eigenvalue weighted by Crippen LogP contribution is -2.30. The van der Waals surface area contributed by atoms with Crippen LogP contribution in [0.1, 0.15) is 11.8 Å². The molecule has 5 rings (SSSR count). The van der Waals surface area contributed by atoms with Crippen molar-refractivity contribution in [1.29, 1.82) is 0 Å². The second-order valence-electron chi connectivity index (χ2n) is 6.88. The summed E-state index contributed by atoms with van der Waals surface area (Å²) in [6.07, 6.45) is -0.252. The Balaban J connectivity index is 1.83. The van der Waals surface area contributed by atoms with E-state index in [-0.39, 0.29) is 13.0 Å². The fourth-order valence-electron chi connectivity index (χ4n) is 4.24. The maximum Gasteiger partial charge on any atom is 0.231 e. The zero-order valence-electron chi connectivity index (χ0n) is 16.2. The maximum atomic E-state index is 5.87. The molecule has 1 atom stereocenters. The highest BCUT2D eigenvalue weighted by molar-refractivity contribution is 6.05. The Morgan fingerprint density at radius 3 is 2.32 bits per heavy atom. The van der Waals surface area contributed by atoms with Crippen molar-refractivity contribution in [2.45, 2.75) is 6.23 Å². The zero-order valence-corrected chi connectivity index (χ0v) is 16.2. The Labute approximate surface area is 163 Å². The zero-order chi connectivity index (χ0) is 19.4. The lowest BCUT2D eigenvalue weighted by Gasteiger charge is -2.37. The predicted molar refractivity (Wildman–Crippen MR) is 107 cm³/mol. The van der Waals surface area contributed by atoms with E-state index in [0.29, 0.717) is 11.5 Å². The monoisotopic (exact) mass is 379 g/mol. The molecule has 0 radical (unpaired) electrons. The molecule has 0 aliphatic carbocycles. The molecule has 144 valence electrons. The molecule has 2 heterocycles. The highest BCUT2D eigenvalue weighted by Gasteiger charge is 2.32. The van der Waals surface area contributed by atoms with Crippen molar-refractivity contribution in [3.05, 3.63) is 42.0 Å². The van der Waals surface area contributed by atoms with Gasteiger partial charge in [0, 0.05) is 30.7 Å². The largest absolute Gasteiger partial charge is 0.493 e. The quantitative estimate of drug-likeness (QED) is 0.674. The van der Waals surface area contributed by atoms with E-state index >= 15 is 0 Å². The van der Waals surface area contributed by atoms with Crippen LogP contribution < -0.4 is 23.8 Å². The number of fused-ring (bicyclic) bond motifs is 6. The molecule has 0 amide bonds. The van der Waals surface area contributed by atoms with Gasteiger partial charge in [-0.05, 0) is 35.2 Å². The minimum Gasteiger partial charge on any atom is -0.493 e. The van der Waals surface area contributed by atoms with Gasteiger partial charge in [0.25, 0.3) is 0 Å². The van der Waals surface area contributed by atoms with Crippen molar-refractivity contribution in [3.8, 4) is 34.1 Å². The van der Waals surface area contributed by atoms with Gasteiger partial charge >= 0.3 is 0 Å². The number of benzene rings is 3. The Hall–Kier alpha value is -3.12. The molecular formula is C22H21NO5. The molecule has 3 aromatic rings. The third-order valence-corrected chi connectivity index (χ3v) is 5.52. The molecule has 3 aromatic carbocycles. The first-order valence-electron chi connectivity index (χ1n) is 9.04. The van der Waals surface area contributed by atoms with Crippen LogP contribution in [-0.2, 0) is 4.74 Å². The third kappa shape index (κ3) is 2.24. The summed E-state index contributed by atoms with van der Waals surface area (Å²) in [7, 11) is 7.04. The number of hydrogen-bond acceptors (Lipinski definition) is 6. The second-order valence-corrected chi connectivity index (χ2v) is 6.88. The van der Waals surface area contributed by atoms with Gasteiger partial charge in [0.2, 0.25) is 6.79 Å². The highest BCUT2D eigenvalue weighted by atomic mass is 16.7. The first kappa shape index (κ1) is 17.0. The smallest absolute Gasteiger partial charge is 0.231 e. The Bertz CT molecular complexity index is 1090. The van der Waals surface area contributed by atoms with Crippen molar-refractivity contribution >= 4 is 16.5 Å². The summed E-state index contributed by atoms with van der Waals surface area (Å²) < 4.78 is 28.1. The molecule has 0 fully saturated rings. The van der Waals surface area contributed by atoms with Crippen LogP contribution in [0.15, 0.2) is 36.4 Å². The summed E-state index contributed by atoms with van der Waals surface area (Å²) in [4.78, 5) is 2.15. The summed E-state index contributed by atoms with van der Waals surface area (Å²) in [6.45, 7) is 0.254. The van der Waals surface area contributed by atoms with Gasteiger partial charge in [-0.15, -0.1) is 0 Å². The van der Waals surface area contributed by atoms with Gasteiger partial charge in [0.1, 0.15) is 0 Å². The van der Waals surface area contributed by atoms with Crippen LogP contribution >= 0.6 is 0 Å². The molecule has 28 heavy (non-hydrogen) atoms. The Kier molecular flexibility index (Phi) is 3.77. The van der Waals surface area contributed by atoms with E-state index in [4.69, 9.17) is 23.7 Å². The highest BCUT2D eigenvalue weighted by Crippen LogP contribution is 2.51. The second kappa shape index (κ2) is 6.21. The Morgan fingerprint density at radius 2 is 1.61 bits per heavy atom. The molecule has 0 aromatic heterocycles. The van der Waals surface area contributed by atoms with E-state index in [1.54, 1.807) is 21.3 Å². The van der Waals surface area contributed by atoms with Gasteiger partial charge < -0.3 is 28.6 Å². The molecular weight excluding hydrogens is 358 g/mol. The number of hydrogen-bond donors (Lipinski definition) is 0. The third-order valence-electron chi connectivity index (χ3n) is 5.52. The topological polar surface area (TPSA) is 49.4 Å².